The maximum atomic E-state index is 8.52. The Labute approximate surface area is 84.4 Å². The lowest BCUT2D eigenvalue weighted by Gasteiger charge is -1.99. The first-order valence-electron chi connectivity index (χ1n) is 3.83. The Morgan fingerprint density at radius 3 is 3.07 bits per heavy atom. The molecule has 0 aromatic carbocycles. The number of rotatable bonds is 1. The molecule has 5 nitrogen and oxygen atoms in total. The molecule has 14 heavy (non-hydrogen) atoms. The minimum Gasteiger partial charge on any atom is -0.409 e. The molecule has 0 bridgehead atoms. The molecule has 0 radical (unpaired) electrons. The van der Waals surface area contributed by atoms with Gasteiger partial charge in [-0.3, -0.25) is 4.40 Å². The SMILES string of the molecule is NC(=NO)c1cnc2ccc(Cl)cn12. The molecule has 0 fully saturated rings. The summed E-state index contributed by atoms with van der Waals surface area (Å²) in [7, 11) is 0. The van der Waals surface area contributed by atoms with Crippen molar-refractivity contribution in [3.05, 3.63) is 35.2 Å². The predicted octanol–water partition coefficient (Wildman–Crippen LogP) is 1.08. The van der Waals surface area contributed by atoms with Crippen LogP contribution in [0.15, 0.2) is 29.7 Å². The molecule has 6 heteroatoms. The number of hydrogen-bond donors (Lipinski definition) is 2. The lowest BCUT2D eigenvalue weighted by Crippen LogP contribution is -2.15. The second kappa shape index (κ2) is 3.19. The summed E-state index contributed by atoms with van der Waals surface area (Å²) < 4.78 is 1.65. The number of hydrogen-bond acceptors (Lipinski definition) is 3. The van der Waals surface area contributed by atoms with Gasteiger partial charge in [-0.1, -0.05) is 16.8 Å². The Balaban J connectivity index is 2.73. The minimum absolute atomic E-state index is 0.000216. The van der Waals surface area contributed by atoms with E-state index in [1.165, 1.54) is 6.20 Å². The van der Waals surface area contributed by atoms with Crippen molar-refractivity contribution in [2.24, 2.45) is 10.9 Å². The zero-order valence-electron chi connectivity index (χ0n) is 7.05. The van der Waals surface area contributed by atoms with Crippen molar-refractivity contribution in [1.82, 2.24) is 9.38 Å². The molecule has 2 heterocycles. The molecule has 0 atom stereocenters. The fourth-order valence-electron chi connectivity index (χ4n) is 1.20. The Hall–Kier alpha value is -1.75. The van der Waals surface area contributed by atoms with Crippen molar-refractivity contribution in [1.29, 1.82) is 0 Å². The van der Waals surface area contributed by atoms with Crippen molar-refractivity contribution < 1.29 is 5.21 Å². The van der Waals surface area contributed by atoms with E-state index in [4.69, 9.17) is 22.5 Å². The van der Waals surface area contributed by atoms with Gasteiger partial charge in [0.2, 0.25) is 0 Å². The smallest absolute Gasteiger partial charge is 0.188 e. The van der Waals surface area contributed by atoms with Crippen LogP contribution in [-0.2, 0) is 0 Å². The maximum Gasteiger partial charge on any atom is 0.188 e. The highest BCUT2D eigenvalue weighted by Crippen LogP contribution is 2.12. The monoisotopic (exact) mass is 210 g/mol. The molecule has 0 aliphatic heterocycles. The van der Waals surface area contributed by atoms with E-state index in [2.05, 4.69) is 10.1 Å². The van der Waals surface area contributed by atoms with Gasteiger partial charge < -0.3 is 10.9 Å². The largest absolute Gasteiger partial charge is 0.409 e. The average Bonchev–Trinajstić information content (AvgIpc) is 2.59. The fourth-order valence-corrected chi connectivity index (χ4v) is 1.36. The van der Waals surface area contributed by atoms with Crippen molar-refractivity contribution >= 4 is 23.1 Å². The number of halogens is 1. The second-order valence-electron chi connectivity index (χ2n) is 2.70. The van der Waals surface area contributed by atoms with Crippen LogP contribution in [0.3, 0.4) is 0 Å². The highest BCUT2D eigenvalue weighted by atomic mass is 35.5. The van der Waals surface area contributed by atoms with E-state index < -0.39 is 0 Å². The Morgan fingerprint density at radius 2 is 2.36 bits per heavy atom. The maximum absolute atomic E-state index is 8.52. The number of nitrogens with two attached hydrogens (primary N) is 1. The highest BCUT2D eigenvalue weighted by molar-refractivity contribution is 6.30. The zero-order valence-corrected chi connectivity index (χ0v) is 7.81. The molecule has 3 N–H and O–H groups in total. The molecule has 0 saturated heterocycles. The van der Waals surface area contributed by atoms with Crippen LogP contribution >= 0.6 is 11.6 Å². The number of fused-ring (bicyclic) bond motifs is 1. The van der Waals surface area contributed by atoms with E-state index >= 15 is 0 Å². The van der Waals surface area contributed by atoms with Crippen LogP contribution in [-0.4, -0.2) is 20.4 Å². The third-order valence-corrected chi connectivity index (χ3v) is 2.06. The van der Waals surface area contributed by atoms with Crippen LogP contribution in [0.25, 0.3) is 5.65 Å². The number of aromatic nitrogens is 2. The van der Waals surface area contributed by atoms with Crippen LogP contribution in [0, 0.1) is 0 Å². The molecule has 0 unspecified atom stereocenters. The molecular weight excluding hydrogens is 204 g/mol. The molecule has 0 spiro atoms. The van der Waals surface area contributed by atoms with Gasteiger partial charge in [0.15, 0.2) is 5.84 Å². The number of oxime groups is 1. The highest BCUT2D eigenvalue weighted by Gasteiger charge is 2.06. The summed E-state index contributed by atoms with van der Waals surface area (Å²) in [4.78, 5) is 4.06. The van der Waals surface area contributed by atoms with Gasteiger partial charge in [0.1, 0.15) is 11.3 Å². The van der Waals surface area contributed by atoms with Crippen molar-refractivity contribution in [2.75, 3.05) is 0 Å². The Kier molecular flexibility index (Phi) is 2.01. The fraction of sp³-hybridized carbons (Fsp3) is 0. The summed E-state index contributed by atoms with van der Waals surface area (Å²) in [5.41, 5.74) is 6.65. The molecule has 0 saturated carbocycles. The van der Waals surface area contributed by atoms with Gasteiger partial charge in [0.25, 0.3) is 0 Å². The first kappa shape index (κ1) is 8.83. The molecule has 72 valence electrons. The number of imidazole rings is 1. The summed E-state index contributed by atoms with van der Waals surface area (Å²) >= 11 is 5.80. The van der Waals surface area contributed by atoms with Crippen molar-refractivity contribution in [3.63, 3.8) is 0 Å². The third kappa shape index (κ3) is 1.27. The van der Waals surface area contributed by atoms with Gasteiger partial charge in [-0.15, -0.1) is 0 Å². The Morgan fingerprint density at radius 1 is 1.57 bits per heavy atom. The van der Waals surface area contributed by atoms with Gasteiger partial charge in [-0.05, 0) is 12.1 Å². The first-order valence-corrected chi connectivity index (χ1v) is 4.20. The van der Waals surface area contributed by atoms with Gasteiger partial charge in [0.05, 0.1) is 11.2 Å². The van der Waals surface area contributed by atoms with Crippen LogP contribution in [0.4, 0.5) is 0 Å². The van der Waals surface area contributed by atoms with E-state index in [0.717, 1.165) is 0 Å². The molecule has 2 rings (SSSR count). The number of pyridine rings is 1. The number of amidine groups is 1. The lowest BCUT2D eigenvalue weighted by atomic mass is 10.4. The average molecular weight is 211 g/mol. The van der Waals surface area contributed by atoms with E-state index in [-0.39, 0.29) is 5.84 Å². The van der Waals surface area contributed by atoms with E-state index in [1.807, 2.05) is 0 Å². The van der Waals surface area contributed by atoms with Gasteiger partial charge in [0, 0.05) is 6.20 Å². The predicted molar refractivity (Wildman–Crippen MR) is 52.7 cm³/mol. The first-order chi connectivity index (χ1) is 6.72. The summed E-state index contributed by atoms with van der Waals surface area (Å²) in [5.74, 6) is -0.000216. The molecular formula is C8H7ClN4O. The van der Waals surface area contributed by atoms with E-state index in [1.54, 1.807) is 22.7 Å². The van der Waals surface area contributed by atoms with Crippen LogP contribution in [0.2, 0.25) is 5.02 Å². The normalized spacial score (nSPS) is 12.2. The summed E-state index contributed by atoms with van der Waals surface area (Å²) in [5, 5.41) is 12.0. The van der Waals surface area contributed by atoms with Gasteiger partial charge in [-0.25, -0.2) is 4.98 Å². The third-order valence-electron chi connectivity index (χ3n) is 1.84. The second-order valence-corrected chi connectivity index (χ2v) is 3.14. The van der Waals surface area contributed by atoms with Crippen molar-refractivity contribution in [3.8, 4) is 0 Å². The summed E-state index contributed by atoms with van der Waals surface area (Å²) in [6, 6.07) is 3.47. The van der Waals surface area contributed by atoms with Crippen LogP contribution < -0.4 is 5.73 Å². The van der Waals surface area contributed by atoms with Crippen molar-refractivity contribution in [2.45, 2.75) is 0 Å². The van der Waals surface area contributed by atoms with E-state index in [9.17, 15) is 0 Å². The molecule has 0 aliphatic carbocycles. The topological polar surface area (TPSA) is 75.9 Å². The molecule has 0 amide bonds. The number of nitrogens with zero attached hydrogens (tertiary/aromatic N) is 3. The molecule has 0 aliphatic rings. The molecule has 2 aromatic rings. The zero-order chi connectivity index (χ0) is 10.1. The summed E-state index contributed by atoms with van der Waals surface area (Å²) in [6.07, 6.45) is 3.16. The van der Waals surface area contributed by atoms with Gasteiger partial charge >= 0.3 is 0 Å². The quantitative estimate of drug-likeness (QED) is 0.320. The van der Waals surface area contributed by atoms with Crippen LogP contribution in [0.1, 0.15) is 5.69 Å². The Bertz CT molecular complexity index is 505. The summed E-state index contributed by atoms with van der Waals surface area (Å²) in [6.45, 7) is 0. The molecule has 2 aromatic heterocycles. The standard InChI is InChI=1S/C8H7ClN4O/c9-5-1-2-7-11-3-6(8(10)12-14)13(7)4-5/h1-4,14H,(H2,10,12). The van der Waals surface area contributed by atoms with Gasteiger partial charge in [-0.2, -0.15) is 0 Å². The van der Waals surface area contributed by atoms with Crippen LogP contribution in [0.5, 0.6) is 0 Å². The lowest BCUT2D eigenvalue weighted by molar-refractivity contribution is 0.318. The van der Waals surface area contributed by atoms with E-state index in [0.29, 0.717) is 16.4 Å². The minimum atomic E-state index is -0.000216.